The third-order valence-electron chi connectivity index (χ3n) is 2.84. The summed E-state index contributed by atoms with van der Waals surface area (Å²) in [6, 6.07) is 4.37. The van der Waals surface area contributed by atoms with Crippen molar-refractivity contribution in [1.29, 1.82) is 0 Å². The first-order valence-electron chi connectivity index (χ1n) is 6.32. The summed E-state index contributed by atoms with van der Waals surface area (Å²) in [6.07, 6.45) is -4.05. The van der Waals surface area contributed by atoms with Crippen molar-refractivity contribution >= 4 is 11.7 Å². The normalized spacial score (nSPS) is 11.3. The van der Waals surface area contributed by atoms with Gasteiger partial charge in [0.2, 0.25) is 0 Å². The van der Waals surface area contributed by atoms with E-state index in [1.54, 1.807) is 0 Å². The topological polar surface area (TPSA) is 87.3 Å². The molecule has 1 aromatic carbocycles. The molecule has 23 heavy (non-hydrogen) atoms. The van der Waals surface area contributed by atoms with E-state index in [1.165, 1.54) is 6.92 Å². The van der Waals surface area contributed by atoms with Gasteiger partial charge in [-0.1, -0.05) is 0 Å². The molecule has 0 aliphatic heterocycles. The largest absolute Gasteiger partial charge is 0.461 e. The second kappa shape index (κ2) is 6.07. The van der Waals surface area contributed by atoms with Crippen molar-refractivity contribution in [3.63, 3.8) is 0 Å². The molecule has 0 spiro atoms. The van der Waals surface area contributed by atoms with E-state index >= 15 is 0 Å². The molecule has 0 saturated carbocycles. The number of hydrogen-bond acceptors (Lipinski definition) is 5. The number of rotatable bonds is 4. The summed E-state index contributed by atoms with van der Waals surface area (Å²) in [7, 11) is 0. The van der Waals surface area contributed by atoms with Gasteiger partial charge in [0.1, 0.15) is 6.33 Å². The van der Waals surface area contributed by atoms with E-state index in [2.05, 4.69) is 9.72 Å². The molecule has 0 radical (unpaired) electrons. The summed E-state index contributed by atoms with van der Waals surface area (Å²) in [5.41, 5.74) is -2.46. The van der Waals surface area contributed by atoms with Crippen LogP contribution in [0.25, 0.3) is 5.69 Å². The number of nitro groups is 1. The van der Waals surface area contributed by atoms with Crippen molar-refractivity contribution in [2.45, 2.75) is 13.1 Å². The zero-order chi connectivity index (χ0) is 17.2. The van der Waals surface area contributed by atoms with Gasteiger partial charge in [0.05, 0.1) is 11.5 Å². The van der Waals surface area contributed by atoms with Crippen LogP contribution in [-0.4, -0.2) is 27.1 Å². The fourth-order valence-corrected chi connectivity index (χ4v) is 1.90. The van der Waals surface area contributed by atoms with Gasteiger partial charge < -0.3 is 4.74 Å². The molecule has 1 aromatic heterocycles. The quantitative estimate of drug-likeness (QED) is 0.489. The van der Waals surface area contributed by atoms with Gasteiger partial charge in [0.15, 0.2) is 11.4 Å². The molecule has 10 heteroatoms. The van der Waals surface area contributed by atoms with Crippen LogP contribution in [0.2, 0.25) is 0 Å². The van der Waals surface area contributed by atoms with Crippen molar-refractivity contribution in [2.24, 2.45) is 0 Å². The summed E-state index contributed by atoms with van der Waals surface area (Å²) < 4.78 is 45.0. The molecule has 2 aromatic rings. The van der Waals surface area contributed by atoms with Gasteiger partial charge in [-0.05, 0) is 19.1 Å². The van der Waals surface area contributed by atoms with E-state index in [1.807, 2.05) is 0 Å². The van der Waals surface area contributed by atoms with Gasteiger partial charge in [-0.3, -0.25) is 14.7 Å². The van der Waals surface area contributed by atoms with Crippen molar-refractivity contribution in [3.05, 3.63) is 52.1 Å². The number of alkyl halides is 3. The maximum atomic E-state index is 13.3. The van der Waals surface area contributed by atoms with Gasteiger partial charge in [-0.15, -0.1) is 0 Å². The lowest BCUT2D eigenvalue weighted by Gasteiger charge is -2.12. The summed E-state index contributed by atoms with van der Waals surface area (Å²) in [5, 5.41) is 10.6. The fourth-order valence-electron chi connectivity index (χ4n) is 1.90. The highest BCUT2D eigenvalue weighted by Gasteiger charge is 2.41. The Morgan fingerprint density at radius 1 is 1.35 bits per heavy atom. The van der Waals surface area contributed by atoms with Crippen LogP contribution in [0.3, 0.4) is 0 Å². The SMILES string of the molecule is CCOC(=O)c1ncn(-c2ccc([N+](=O)[O-])cc2)c1C(F)(F)F. The molecule has 122 valence electrons. The molecule has 0 amide bonds. The number of imidazole rings is 1. The Morgan fingerprint density at radius 2 is 1.96 bits per heavy atom. The Hall–Kier alpha value is -2.91. The Kier molecular flexibility index (Phi) is 4.34. The molecule has 0 N–H and O–H groups in total. The number of hydrogen-bond donors (Lipinski definition) is 0. The van der Waals surface area contributed by atoms with Crippen LogP contribution in [0.4, 0.5) is 18.9 Å². The van der Waals surface area contributed by atoms with Gasteiger partial charge in [-0.2, -0.15) is 13.2 Å². The van der Waals surface area contributed by atoms with Gasteiger partial charge >= 0.3 is 12.1 Å². The standard InChI is InChI=1S/C13H10F3N3O4/c1-2-23-12(20)10-11(13(14,15)16)18(7-17-10)8-3-5-9(6-4-8)19(21)22/h3-7H,2H2,1H3. The molecule has 0 aliphatic rings. The molecule has 2 rings (SSSR count). The second-order valence-electron chi connectivity index (χ2n) is 4.30. The minimum absolute atomic E-state index is 0.0222. The molecular formula is C13H10F3N3O4. The number of nitrogens with zero attached hydrogens (tertiary/aromatic N) is 3. The average Bonchev–Trinajstić information content (AvgIpc) is 2.92. The van der Waals surface area contributed by atoms with Crippen LogP contribution < -0.4 is 0 Å². The van der Waals surface area contributed by atoms with Crippen LogP contribution in [0.1, 0.15) is 23.1 Å². The summed E-state index contributed by atoms with van der Waals surface area (Å²) >= 11 is 0. The molecule has 0 aliphatic carbocycles. The van der Waals surface area contributed by atoms with Crippen LogP contribution in [0, 0.1) is 10.1 Å². The Balaban J connectivity index is 2.54. The molecular weight excluding hydrogens is 319 g/mol. The minimum atomic E-state index is -4.86. The van der Waals surface area contributed by atoms with E-state index in [4.69, 9.17) is 0 Å². The number of carbonyl (C=O) groups is 1. The molecule has 0 bridgehead atoms. The minimum Gasteiger partial charge on any atom is -0.461 e. The average molecular weight is 329 g/mol. The summed E-state index contributed by atoms with van der Waals surface area (Å²) in [4.78, 5) is 25.0. The maximum Gasteiger partial charge on any atom is 0.434 e. The van der Waals surface area contributed by atoms with Gasteiger partial charge in [0, 0.05) is 17.8 Å². The Bertz CT molecular complexity index is 738. The van der Waals surface area contributed by atoms with Gasteiger partial charge in [0.25, 0.3) is 5.69 Å². The van der Waals surface area contributed by atoms with Crippen LogP contribution >= 0.6 is 0 Å². The Morgan fingerprint density at radius 3 is 2.43 bits per heavy atom. The third-order valence-corrected chi connectivity index (χ3v) is 2.84. The zero-order valence-corrected chi connectivity index (χ0v) is 11.7. The number of ether oxygens (including phenoxy) is 1. The highest BCUT2D eigenvalue weighted by Crippen LogP contribution is 2.34. The second-order valence-corrected chi connectivity index (χ2v) is 4.30. The highest BCUT2D eigenvalue weighted by molar-refractivity contribution is 5.89. The van der Waals surface area contributed by atoms with Crippen molar-refractivity contribution in [2.75, 3.05) is 6.61 Å². The lowest BCUT2D eigenvalue weighted by Crippen LogP contribution is -2.18. The third kappa shape index (κ3) is 3.30. The predicted octanol–water partition coefficient (Wildman–Crippen LogP) is 2.98. The number of benzene rings is 1. The van der Waals surface area contributed by atoms with Gasteiger partial charge in [-0.25, -0.2) is 9.78 Å². The van der Waals surface area contributed by atoms with E-state index in [-0.39, 0.29) is 18.0 Å². The molecule has 0 unspecified atom stereocenters. The van der Waals surface area contributed by atoms with Crippen LogP contribution in [0.15, 0.2) is 30.6 Å². The lowest BCUT2D eigenvalue weighted by atomic mass is 10.2. The van der Waals surface area contributed by atoms with Crippen molar-refractivity contribution < 1.29 is 27.6 Å². The van der Waals surface area contributed by atoms with E-state index < -0.39 is 28.5 Å². The number of non-ortho nitro benzene ring substituents is 1. The van der Waals surface area contributed by atoms with Crippen LogP contribution in [0.5, 0.6) is 0 Å². The molecule has 1 heterocycles. The first-order valence-corrected chi connectivity index (χ1v) is 6.32. The molecule has 0 atom stereocenters. The summed E-state index contributed by atoms with van der Waals surface area (Å²) in [6.45, 7) is 1.36. The van der Waals surface area contributed by atoms with Crippen molar-refractivity contribution in [1.82, 2.24) is 9.55 Å². The van der Waals surface area contributed by atoms with Crippen molar-refractivity contribution in [3.8, 4) is 5.69 Å². The maximum absolute atomic E-state index is 13.3. The first kappa shape index (κ1) is 16.5. The number of carbonyl (C=O) groups excluding carboxylic acids is 1. The number of aromatic nitrogens is 2. The number of halogens is 3. The lowest BCUT2D eigenvalue weighted by molar-refractivity contribution is -0.384. The summed E-state index contributed by atoms with van der Waals surface area (Å²) in [5.74, 6) is -1.19. The first-order chi connectivity index (χ1) is 10.8. The number of nitro benzene ring substituents is 1. The van der Waals surface area contributed by atoms with E-state index in [9.17, 15) is 28.1 Å². The van der Waals surface area contributed by atoms with Crippen LogP contribution in [-0.2, 0) is 10.9 Å². The number of esters is 1. The smallest absolute Gasteiger partial charge is 0.434 e. The molecule has 0 saturated heterocycles. The Labute approximate surface area is 127 Å². The van der Waals surface area contributed by atoms with E-state index in [0.29, 0.717) is 4.57 Å². The monoisotopic (exact) mass is 329 g/mol. The zero-order valence-electron chi connectivity index (χ0n) is 11.7. The van der Waals surface area contributed by atoms with E-state index in [0.717, 1.165) is 30.6 Å². The molecule has 7 nitrogen and oxygen atoms in total. The highest BCUT2D eigenvalue weighted by atomic mass is 19.4. The molecule has 0 fully saturated rings. The fraction of sp³-hybridized carbons (Fsp3) is 0.231. The predicted molar refractivity (Wildman–Crippen MR) is 71.2 cm³/mol.